The molecule has 7 nitrogen and oxygen atoms in total. The van der Waals surface area contributed by atoms with Crippen LogP contribution in [0.1, 0.15) is 85.8 Å². The van der Waals surface area contributed by atoms with Gasteiger partial charge in [-0.25, -0.2) is 8.78 Å². The van der Waals surface area contributed by atoms with Crippen molar-refractivity contribution in [3.8, 4) is 0 Å². The number of para-hydroxylation sites is 1. The number of carbonyl (C=O) groups is 3. The van der Waals surface area contributed by atoms with Gasteiger partial charge in [0.25, 0.3) is 12.3 Å². The number of rotatable bonds is 6. The fraction of sp³-hybridized carbons (Fsp3) is 0.548. The minimum absolute atomic E-state index is 0.132. The molecule has 0 unspecified atom stereocenters. The van der Waals surface area contributed by atoms with E-state index < -0.39 is 23.4 Å². The van der Waals surface area contributed by atoms with Crippen molar-refractivity contribution in [2.75, 3.05) is 24.5 Å². The molecular weight excluding hydrogens is 550 g/mol. The monoisotopic (exact) mass is 584 g/mol. The van der Waals surface area contributed by atoms with E-state index >= 15 is 0 Å². The van der Waals surface area contributed by atoms with Gasteiger partial charge in [-0.3, -0.25) is 19.4 Å². The SMILES string of the molecule is O=C(NC1CCC(CN2C(=O)C3(CCN(C(=O)C4CCC4)CC3)c3ccccc32)CC1)c1cc(Cl)cnc1C(F)F. The van der Waals surface area contributed by atoms with Crippen LogP contribution in [-0.2, 0) is 15.0 Å². The molecule has 1 saturated heterocycles. The predicted octanol–water partition coefficient (Wildman–Crippen LogP) is 5.67. The summed E-state index contributed by atoms with van der Waals surface area (Å²) in [6.07, 6.45) is 5.64. The summed E-state index contributed by atoms with van der Waals surface area (Å²) in [6.45, 7) is 1.84. The Balaban J connectivity index is 1.08. The van der Waals surface area contributed by atoms with E-state index in [0.29, 0.717) is 45.3 Å². The molecule has 1 aromatic carbocycles. The normalized spacial score (nSPS) is 24.0. The zero-order valence-corrected chi connectivity index (χ0v) is 23.7. The van der Waals surface area contributed by atoms with E-state index in [-0.39, 0.29) is 40.3 Å². The molecule has 3 amide bonds. The van der Waals surface area contributed by atoms with E-state index in [9.17, 15) is 23.2 Å². The molecule has 41 heavy (non-hydrogen) atoms. The van der Waals surface area contributed by atoms with Crippen molar-refractivity contribution < 1.29 is 23.2 Å². The Morgan fingerprint density at radius 1 is 1.07 bits per heavy atom. The third-order valence-electron chi connectivity index (χ3n) is 9.71. The molecule has 0 atom stereocenters. The highest BCUT2D eigenvalue weighted by Crippen LogP contribution is 2.49. The molecule has 0 radical (unpaired) electrons. The molecule has 10 heteroatoms. The molecule has 2 aliphatic carbocycles. The highest BCUT2D eigenvalue weighted by atomic mass is 35.5. The Bertz CT molecular complexity index is 1330. The number of benzene rings is 1. The molecule has 3 fully saturated rings. The van der Waals surface area contributed by atoms with Gasteiger partial charge in [0.1, 0.15) is 5.69 Å². The zero-order chi connectivity index (χ0) is 28.7. The van der Waals surface area contributed by atoms with E-state index in [1.54, 1.807) is 0 Å². The molecule has 1 spiro atoms. The van der Waals surface area contributed by atoms with Crippen LogP contribution in [-0.4, -0.2) is 53.3 Å². The first kappa shape index (κ1) is 28.1. The number of piperidine rings is 1. The smallest absolute Gasteiger partial charge is 0.281 e. The maximum absolute atomic E-state index is 14.1. The molecule has 1 aromatic heterocycles. The molecule has 1 N–H and O–H groups in total. The maximum atomic E-state index is 14.1. The van der Waals surface area contributed by atoms with Crippen LogP contribution in [0.15, 0.2) is 36.5 Å². The Kier molecular flexibility index (Phi) is 7.74. The topological polar surface area (TPSA) is 82.6 Å². The van der Waals surface area contributed by atoms with Crippen molar-refractivity contribution in [2.45, 2.75) is 75.7 Å². The van der Waals surface area contributed by atoms with Crippen molar-refractivity contribution in [3.63, 3.8) is 0 Å². The fourth-order valence-corrected chi connectivity index (χ4v) is 7.26. The van der Waals surface area contributed by atoms with Crippen molar-refractivity contribution in [2.24, 2.45) is 11.8 Å². The Hall–Kier alpha value is -3.07. The lowest BCUT2D eigenvalue weighted by molar-refractivity contribution is -0.141. The van der Waals surface area contributed by atoms with Crippen LogP contribution in [0.4, 0.5) is 14.5 Å². The quantitative estimate of drug-likeness (QED) is 0.474. The van der Waals surface area contributed by atoms with Gasteiger partial charge in [0.15, 0.2) is 0 Å². The highest BCUT2D eigenvalue weighted by Gasteiger charge is 2.53. The lowest BCUT2D eigenvalue weighted by Gasteiger charge is -2.41. The summed E-state index contributed by atoms with van der Waals surface area (Å²) in [4.78, 5) is 47.3. The average molecular weight is 585 g/mol. The molecule has 4 aliphatic rings. The van der Waals surface area contributed by atoms with Crippen LogP contribution < -0.4 is 10.2 Å². The average Bonchev–Trinajstić information content (AvgIpc) is 3.16. The number of carbonyl (C=O) groups excluding carboxylic acids is 3. The van der Waals surface area contributed by atoms with E-state index in [1.165, 1.54) is 6.07 Å². The van der Waals surface area contributed by atoms with Crippen molar-refractivity contribution in [1.29, 1.82) is 0 Å². The summed E-state index contributed by atoms with van der Waals surface area (Å²) in [5.41, 5.74) is 0.705. The lowest BCUT2D eigenvalue weighted by Crippen LogP contribution is -2.52. The van der Waals surface area contributed by atoms with Gasteiger partial charge in [-0.15, -0.1) is 0 Å². The Morgan fingerprint density at radius 2 is 1.78 bits per heavy atom. The van der Waals surface area contributed by atoms with E-state index in [4.69, 9.17) is 11.6 Å². The molecule has 218 valence electrons. The summed E-state index contributed by atoms with van der Waals surface area (Å²) in [7, 11) is 0. The Labute approximate surface area is 243 Å². The van der Waals surface area contributed by atoms with Gasteiger partial charge in [0.2, 0.25) is 11.8 Å². The summed E-state index contributed by atoms with van der Waals surface area (Å²) < 4.78 is 26.8. The summed E-state index contributed by atoms with van der Waals surface area (Å²) in [5, 5.41) is 3.02. The number of fused-ring (bicyclic) bond motifs is 2. The molecule has 6 rings (SSSR count). The number of halogens is 3. The molecule has 2 saturated carbocycles. The standard InChI is InChI=1S/C31H35ClF2N4O3/c32-21-16-23(26(27(33)34)35-17-21)28(39)36-22-10-8-19(9-11-22)18-38-25-7-2-1-6-24(25)31(30(38)41)12-14-37(15-13-31)29(40)20-4-3-5-20/h1-2,6-7,16-17,19-20,22,27H,3-5,8-15,18H2,(H,36,39). The van der Waals surface area contributed by atoms with E-state index in [1.807, 2.05) is 28.0 Å². The number of hydrogen-bond acceptors (Lipinski definition) is 4. The summed E-state index contributed by atoms with van der Waals surface area (Å²) in [5.74, 6) is 0.229. The molecule has 2 aromatic rings. The van der Waals surface area contributed by atoms with Gasteiger partial charge >= 0.3 is 0 Å². The minimum atomic E-state index is -2.87. The van der Waals surface area contributed by atoms with Gasteiger partial charge in [0, 0.05) is 43.5 Å². The van der Waals surface area contributed by atoms with Crippen LogP contribution in [0, 0.1) is 11.8 Å². The highest BCUT2D eigenvalue weighted by molar-refractivity contribution is 6.30. The van der Waals surface area contributed by atoms with Crippen LogP contribution in [0.5, 0.6) is 0 Å². The largest absolute Gasteiger partial charge is 0.349 e. The van der Waals surface area contributed by atoms with Gasteiger partial charge < -0.3 is 15.1 Å². The zero-order valence-electron chi connectivity index (χ0n) is 23.0. The number of pyridine rings is 1. The number of nitrogens with zero attached hydrogens (tertiary/aromatic N) is 3. The third-order valence-corrected chi connectivity index (χ3v) is 9.91. The maximum Gasteiger partial charge on any atom is 0.281 e. The van der Waals surface area contributed by atoms with Crippen LogP contribution in [0.25, 0.3) is 0 Å². The lowest BCUT2D eigenvalue weighted by atomic mass is 9.73. The predicted molar refractivity (Wildman–Crippen MR) is 151 cm³/mol. The van der Waals surface area contributed by atoms with Gasteiger partial charge in [-0.2, -0.15) is 0 Å². The van der Waals surface area contributed by atoms with Crippen LogP contribution >= 0.6 is 11.6 Å². The van der Waals surface area contributed by atoms with E-state index in [2.05, 4.69) is 16.4 Å². The minimum Gasteiger partial charge on any atom is -0.349 e. The van der Waals surface area contributed by atoms with E-state index in [0.717, 1.165) is 49.6 Å². The summed E-state index contributed by atoms with van der Waals surface area (Å²) in [6, 6.07) is 9.15. The molecule has 0 bridgehead atoms. The second-order valence-electron chi connectivity index (χ2n) is 12.0. The summed E-state index contributed by atoms with van der Waals surface area (Å²) >= 11 is 5.92. The third kappa shape index (κ3) is 5.22. The number of hydrogen-bond donors (Lipinski definition) is 1. The number of nitrogens with one attached hydrogen (secondary N) is 1. The molecular formula is C31H35ClF2N4O3. The number of aromatic nitrogens is 1. The van der Waals surface area contributed by atoms with Crippen molar-refractivity contribution >= 4 is 35.0 Å². The molecule has 3 heterocycles. The van der Waals surface area contributed by atoms with Crippen molar-refractivity contribution in [1.82, 2.24) is 15.2 Å². The second-order valence-corrected chi connectivity index (χ2v) is 12.5. The second kappa shape index (κ2) is 11.3. The first-order valence-electron chi connectivity index (χ1n) is 14.7. The number of alkyl halides is 2. The number of likely N-dealkylation sites (tertiary alicyclic amines) is 1. The van der Waals surface area contributed by atoms with Gasteiger partial charge in [-0.1, -0.05) is 36.2 Å². The van der Waals surface area contributed by atoms with Crippen LogP contribution in [0.2, 0.25) is 5.02 Å². The van der Waals surface area contributed by atoms with Crippen molar-refractivity contribution in [3.05, 3.63) is 58.4 Å². The van der Waals surface area contributed by atoms with Gasteiger partial charge in [0.05, 0.1) is 16.0 Å². The first-order valence-corrected chi connectivity index (χ1v) is 15.1. The number of anilines is 1. The first-order chi connectivity index (χ1) is 19.8. The van der Waals surface area contributed by atoms with Gasteiger partial charge in [-0.05, 0) is 75.0 Å². The number of amides is 3. The fourth-order valence-electron chi connectivity index (χ4n) is 7.10. The molecule has 2 aliphatic heterocycles. The van der Waals surface area contributed by atoms with Crippen LogP contribution in [0.3, 0.4) is 0 Å². The Morgan fingerprint density at radius 3 is 2.44 bits per heavy atom.